The van der Waals surface area contributed by atoms with Crippen LogP contribution in [0.5, 0.6) is 5.75 Å². The van der Waals surface area contributed by atoms with E-state index in [4.69, 9.17) is 4.74 Å². The summed E-state index contributed by atoms with van der Waals surface area (Å²) < 4.78 is 5.27. The summed E-state index contributed by atoms with van der Waals surface area (Å²) in [6.07, 6.45) is 0.129. The number of aryl methyl sites for hydroxylation is 2. The lowest BCUT2D eigenvalue weighted by Crippen LogP contribution is -2.35. The summed E-state index contributed by atoms with van der Waals surface area (Å²) in [6, 6.07) is 12.4. The molecule has 2 amide bonds. The second kappa shape index (κ2) is 6.35. The number of imide groups is 1. The van der Waals surface area contributed by atoms with Crippen molar-refractivity contribution in [3.8, 4) is 5.75 Å². The monoisotopic (exact) mass is 324 g/mol. The van der Waals surface area contributed by atoms with E-state index in [0.717, 1.165) is 11.3 Å². The highest BCUT2D eigenvalue weighted by Crippen LogP contribution is 2.32. The summed E-state index contributed by atoms with van der Waals surface area (Å²) in [5, 5.41) is 3.17. The molecule has 2 aromatic rings. The van der Waals surface area contributed by atoms with Crippen molar-refractivity contribution < 1.29 is 14.3 Å². The number of hydrogen-bond donors (Lipinski definition) is 1. The van der Waals surface area contributed by atoms with Crippen molar-refractivity contribution in [2.24, 2.45) is 0 Å². The van der Waals surface area contributed by atoms with Gasteiger partial charge in [-0.3, -0.25) is 9.59 Å². The van der Waals surface area contributed by atoms with E-state index in [-0.39, 0.29) is 18.2 Å². The van der Waals surface area contributed by atoms with Gasteiger partial charge in [-0.05, 0) is 49.2 Å². The van der Waals surface area contributed by atoms with E-state index >= 15 is 0 Å². The lowest BCUT2D eigenvalue weighted by atomic mass is 10.1. The number of nitrogens with one attached hydrogen (secondary N) is 1. The molecule has 1 heterocycles. The molecule has 5 heteroatoms. The Labute approximate surface area is 141 Å². The fraction of sp³-hybridized carbons (Fsp3) is 0.263. The van der Waals surface area contributed by atoms with Gasteiger partial charge in [0.05, 0.1) is 19.2 Å². The number of hydrogen-bond acceptors (Lipinski definition) is 4. The second-order valence-electron chi connectivity index (χ2n) is 5.94. The third-order valence-corrected chi connectivity index (χ3v) is 4.32. The number of amides is 2. The third-order valence-electron chi connectivity index (χ3n) is 4.32. The van der Waals surface area contributed by atoms with Gasteiger partial charge in [-0.2, -0.15) is 0 Å². The predicted molar refractivity (Wildman–Crippen MR) is 93.4 cm³/mol. The number of nitrogens with zero attached hydrogens (tertiary/aromatic N) is 1. The number of anilines is 2. The molecule has 1 atom stereocenters. The maximum atomic E-state index is 12.7. The highest BCUT2D eigenvalue weighted by atomic mass is 16.5. The number of rotatable bonds is 4. The number of carbonyl (C=O) groups excluding carboxylic acids is 2. The van der Waals surface area contributed by atoms with Gasteiger partial charge in [0, 0.05) is 5.69 Å². The van der Waals surface area contributed by atoms with Gasteiger partial charge in [-0.15, -0.1) is 0 Å². The molecule has 2 aromatic carbocycles. The molecular formula is C19H20N2O3. The third kappa shape index (κ3) is 2.85. The first kappa shape index (κ1) is 16.1. The van der Waals surface area contributed by atoms with E-state index in [0.29, 0.717) is 11.4 Å². The first-order valence-corrected chi connectivity index (χ1v) is 7.85. The van der Waals surface area contributed by atoms with Crippen molar-refractivity contribution in [3.05, 3.63) is 53.6 Å². The molecule has 1 aliphatic heterocycles. The van der Waals surface area contributed by atoms with Crippen molar-refractivity contribution in [3.63, 3.8) is 0 Å². The number of para-hydroxylation sites is 2. The van der Waals surface area contributed by atoms with Crippen molar-refractivity contribution in [2.75, 3.05) is 17.3 Å². The van der Waals surface area contributed by atoms with Crippen molar-refractivity contribution in [1.82, 2.24) is 0 Å². The van der Waals surface area contributed by atoms with Crippen LogP contribution in [-0.4, -0.2) is 25.0 Å². The topological polar surface area (TPSA) is 58.6 Å². The van der Waals surface area contributed by atoms with Crippen LogP contribution < -0.4 is 15.0 Å². The van der Waals surface area contributed by atoms with E-state index < -0.39 is 6.04 Å². The molecular weight excluding hydrogens is 304 g/mol. The molecule has 24 heavy (non-hydrogen) atoms. The predicted octanol–water partition coefficient (Wildman–Crippen LogP) is 3.06. The Morgan fingerprint density at radius 3 is 2.54 bits per heavy atom. The SMILES string of the molecule is COc1ccccc1N1C(=O)C[C@H](Nc2ccc(C)c(C)c2)C1=O. The quantitative estimate of drug-likeness (QED) is 0.878. The summed E-state index contributed by atoms with van der Waals surface area (Å²) >= 11 is 0. The van der Waals surface area contributed by atoms with Crippen LogP contribution in [0, 0.1) is 13.8 Å². The molecule has 124 valence electrons. The average molecular weight is 324 g/mol. The van der Waals surface area contributed by atoms with E-state index in [1.807, 2.05) is 32.0 Å². The van der Waals surface area contributed by atoms with Crippen LogP contribution in [0.15, 0.2) is 42.5 Å². The van der Waals surface area contributed by atoms with Crippen LogP contribution in [0.4, 0.5) is 11.4 Å². The fourth-order valence-corrected chi connectivity index (χ4v) is 2.84. The Morgan fingerprint density at radius 2 is 1.83 bits per heavy atom. The zero-order chi connectivity index (χ0) is 17.3. The highest BCUT2D eigenvalue weighted by Gasteiger charge is 2.40. The molecule has 0 radical (unpaired) electrons. The van der Waals surface area contributed by atoms with E-state index in [2.05, 4.69) is 5.32 Å². The number of benzene rings is 2. The van der Waals surface area contributed by atoms with Crippen LogP contribution in [0.2, 0.25) is 0 Å². The molecule has 0 aliphatic carbocycles. The molecule has 0 aromatic heterocycles. The smallest absolute Gasteiger partial charge is 0.256 e. The molecule has 0 saturated carbocycles. The maximum Gasteiger partial charge on any atom is 0.256 e. The summed E-state index contributed by atoms with van der Waals surface area (Å²) in [5.74, 6) is 0.0135. The Hall–Kier alpha value is -2.82. The van der Waals surface area contributed by atoms with Gasteiger partial charge in [0.15, 0.2) is 0 Å². The molecule has 5 nitrogen and oxygen atoms in total. The molecule has 0 spiro atoms. The van der Waals surface area contributed by atoms with Crippen LogP contribution in [-0.2, 0) is 9.59 Å². The molecule has 3 rings (SSSR count). The van der Waals surface area contributed by atoms with Crippen molar-refractivity contribution in [2.45, 2.75) is 26.3 Å². The van der Waals surface area contributed by atoms with Crippen molar-refractivity contribution in [1.29, 1.82) is 0 Å². The maximum absolute atomic E-state index is 12.7. The number of carbonyl (C=O) groups is 2. The first-order chi connectivity index (χ1) is 11.5. The van der Waals surface area contributed by atoms with Crippen LogP contribution in [0.25, 0.3) is 0 Å². The number of methoxy groups -OCH3 is 1. The molecule has 0 bridgehead atoms. The van der Waals surface area contributed by atoms with Crippen molar-refractivity contribution >= 4 is 23.2 Å². The first-order valence-electron chi connectivity index (χ1n) is 7.85. The zero-order valence-electron chi connectivity index (χ0n) is 14.0. The lowest BCUT2D eigenvalue weighted by Gasteiger charge is -2.18. The average Bonchev–Trinajstić information content (AvgIpc) is 2.85. The fourth-order valence-electron chi connectivity index (χ4n) is 2.84. The number of ether oxygens (including phenoxy) is 1. The molecule has 1 N–H and O–H groups in total. The normalized spacial score (nSPS) is 17.3. The van der Waals surface area contributed by atoms with Gasteiger partial charge in [-0.1, -0.05) is 18.2 Å². The molecule has 1 aliphatic rings. The Kier molecular flexibility index (Phi) is 4.25. The van der Waals surface area contributed by atoms with E-state index in [1.54, 1.807) is 24.3 Å². The summed E-state index contributed by atoms with van der Waals surface area (Å²) in [5.41, 5.74) is 3.65. The minimum absolute atomic E-state index is 0.129. The minimum atomic E-state index is -0.565. The minimum Gasteiger partial charge on any atom is -0.495 e. The zero-order valence-corrected chi connectivity index (χ0v) is 14.0. The highest BCUT2D eigenvalue weighted by molar-refractivity contribution is 6.23. The Balaban J connectivity index is 1.85. The molecule has 0 unspecified atom stereocenters. The summed E-state index contributed by atoms with van der Waals surface area (Å²) in [4.78, 5) is 26.3. The van der Waals surface area contributed by atoms with Gasteiger partial charge in [-0.25, -0.2) is 4.90 Å². The summed E-state index contributed by atoms with van der Waals surface area (Å²) in [7, 11) is 1.52. The standard InChI is InChI=1S/C19H20N2O3/c1-12-8-9-14(10-13(12)2)20-15-11-18(22)21(19(15)23)16-6-4-5-7-17(16)24-3/h4-10,15,20H,11H2,1-3H3/t15-/m0/s1. The Morgan fingerprint density at radius 1 is 1.08 bits per heavy atom. The van der Waals surface area contributed by atoms with Crippen LogP contribution in [0.3, 0.4) is 0 Å². The van der Waals surface area contributed by atoms with Gasteiger partial charge in [0.25, 0.3) is 5.91 Å². The molecule has 1 saturated heterocycles. The van der Waals surface area contributed by atoms with Gasteiger partial charge >= 0.3 is 0 Å². The summed E-state index contributed by atoms with van der Waals surface area (Å²) in [6.45, 7) is 4.05. The van der Waals surface area contributed by atoms with E-state index in [9.17, 15) is 9.59 Å². The Bertz CT molecular complexity index is 801. The second-order valence-corrected chi connectivity index (χ2v) is 5.94. The molecule has 1 fully saturated rings. The lowest BCUT2D eigenvalue weighted by molar-refractivity contribution is -0.121. The van der Waals surface area contributed by atoms with Gasteiger partial charge in [0.2, 0.25) is 5.91 Å². The van der Waals surface area contributed by atoms with Gasteiger partial charge < -0.3 is 10.1 Å². The van der Waals surface area contributed by atoms with Gasteiger partial charge in [0.1, 0.15) is 11.8 Å². The van der Waals surface area contributed by atoms with E-state index in [1.165, 1.54) is 17.6 Å². The van der Waals surface area contributed by atoms with Crippen LogP contribution in [0.1, 0.15) is 17.5 Å². The largest absolute Gasteiger partial charge is 0.495 e. The van der Waals surface area contributed by atoms with Crippen LogP contribution >= 0.6 is 0 Å².